The van der Waals surface area contributed by atoms with Gasteiger partial charge in [-0.3, -0.25) is 9.59 Å². The Morgan fingerprint density at radius 1 is 1.25 bits per heavy atom. The summed E-state index contributed by atoms with van der Waals surface area (Å²) in [7, 11) is 1.44. The maximum atomic E-state index is 12.0. The van der Waals surface area contributed by atoms with Gasteiger partial charge in [-0.05, 0) is 58.5 Å². The predicted molar refractivity (Wildman–Crippen MR) is 117 cm³/mol. The lowest BCUT2D eigenvalue weighted by Gasteiger charge is -2.07. The van der Waals surface area contributed by atoms with Gasteiger partial charge in [0.15, 0.2) is 11.5 Å². The van der Waals surface area contributed by atoms with Gasteiger partial charge in [0.05, 0.1) is 26.9 Å². The van der Waals surface area contributed by atoms with E-state index in [0.29, 0.717) is 25.5 Å². The highest BCUT2D eigenvalue weighted by atomic mass is 127. The third-order valence-corrected chi connectivity index (χ3v) is 5.05. The minimum Gasteiger partial charge on any atom is -0.504 e. The Labute approximate surface area is 185 Å². The number of benzene rings is 2. The molecule has 0 radical (unpaired) electrons. The minimum atomic E-state index is -0.369. The Bertz CT molecular complexity index is 922. The third-order valence-electron chi connectivity index (χ3n) is 3.49. The normalized spacial score (nSPS) is 10.7. The first kappa shape index (κ1) is 22.3. The number of amides is 2. The van der Waals surface area contributed by atoms with Crippen molar-refractivity contribution in [3.63, 3.8) is 0 Å². The second kappa shape index (κ2) is 10.5. The van der Waals surface area contributed by atoms with Gasteiger partial charge in [-0.1, -0.05) is 23.2 Å². The molecule has 0 aliphatic heterocycles. The average Bonchev–Trinajstić information content (AvgIpc) is 2.66. The Hall–Kier alpha value is -2.04. The lowest BCUT2D eigenvalue weighted by Crippen LogP contribution is -2.29. The molecular formula is C18H16Cl2IN3O4. The zero-order valence-corrected chi connectivity index (χ0v) is 18.3. The Balaban J connectivity index is 1.81. The quantitative estimate of drug-likeness (QED) is 0.286. The van der Waals surface area contributed by atoms with E-state index in [1.165, 1.54) is 25.5 Å². The topological polar surface area (TPSA) is 100 Å². The molecule has 0 fully saturated rings. The van der Waals surface area contributed by atoms with Crippen molar-refractivity contribution < 1.29 is 19.4 Å². The molecule has 0 aliphatic rings. The number of hydrogen-bond acceptors (Lipinski definition) is 5. The molecule has 0 bridgehead atoms. The van der Waals surface area contributed by atoms with E-state index in [4.69, 9.17) is 27.9 Å². The SMILES string of the molecule is COc1cc(/C=N/NC(=O)CCNC(=O)c2ccc(Cl)c(Cl)c2)cc(I)c1O. The van der Waals surface area contributed by atoms with Gasteiger partial charge in [-0.2, -0.15) is 5.10 Å². The van der Waals surface area contributed by atoms with E-state index in [2.05, 4.69) is 15.8 Å². The molecular weight excluding hydrogens is 520 g/mol. The number of nitrogens with one attached hydrogen (secondary N) is 2. The molecule has 0 aliphatic carbocycles. The van der Waals surface area contributed by atoms with Crippen LogP contribution < -0.4 is 15.5 Å². The molecule has 2 aromatic carbocycles. The highest BCUT2D eigenvalue weighted by Gasteiger charge is 2.09. The van der Waals surface area contributed by atoms with Crippen molar-refractivity contribution in [1.82, 2.24) is 10.7 Å². The molecule has 7 nitrogen and oxygen atoms in total. The maximum absolute atomic E-state index is 12.0. The summed E-state index contributed by atoms with van der Waals surface area (Å²) in [5.41, 5.74) is 3.36. The summed E-state index contributed by atoms with van der Waals surface area (Å²) in [5, 5.41) is 16.9. The van der Waals surface area contributed by atoms with E-state index < -0.39 is 0 Å². The van der Waals surface area contributed by atoms with Crippen LogP contribution in [0.25, 0.3) is 0 Å². The van der Waals surface area contributed by atoms with Crippen LogP contribution in [0.5, 0.6) is 11.5 Å². The van der Waals surface area contributed by atoms with Gasteiger partial charge in [0, 0.05) is 18.5 Å². The molecule has 28 heavy (non-hydrogen) atoms. The zero-order chi connectivity index (χ0) is 20.7. The molecule has 0 saturated heterocycles. The molecule has 10 heteroatoms. The van der Waals surface area contributed by atoms with Gasteiger partial charge >= 0.3 is 0 Å². The number of phenols is 1. The van der Waals surface area contributed by atoms with Crippen LogP contribution in [-0.4, -0.2) is 36.8 Å². The zero-order valence-electron chi connectivity index (χ0n) is 14.6. The molecule has 0 spiro atoms. The lowest BCUT2D eigenvalue weighted by atomic mass is 10.2. The van der Waals surface area contributed by atoms with Crippen LogP contribution in [0.2, 0.25) is 10.0 Å². The largest absolute Gasteiger partial charge is 0.504 e. The van der Waals surface area contributed by atoms with Gasteiger partial charge in [0.2, 0.25) is 5.91 Å². The number of rotatable bonds is 7. The number of methoxy groups -OCH3 is 1. The number of hydrazone groups is 1. The number of carbonyl (C=O) groups excluding carboxylic acids is 2. The number of carbonyl (C=O) groups is 2. The van der Waals surface area contributed by atoms with Crippen molar-refractivity contribution in [2.45, 2.75) is 6.42 Å². The van der Waals surface area contributed by atoms with Crippen LogP contribution in [-0.2, 0) is 4.79 Å². The molecule has 3 N–H and O–H groups in total. The highest BCUT2D eigenvalue weighted by Crippen LogP contribution is 2.31. The molecule has 2 rings (SSSR count). The number of phenolic OH excluding ortho intramolecular Hbond substituents is 1. The van der Waals surface area contributed by atoms with Crippen molar-refractivity contribution in [2.75, 3.05) is 13.7 Å². The standard InChI is InChI=1S/C18H16Cl2IN3O4/c1-28-15-7-10(6-14(21)17(15)26)9-23-24-16(25)4-5-22-18(27)11-2-3-12(19)13(20)8-11/h2-3,6-9,26H,4-5H2,1H3,(H,22,27)(H,24,25)/b23-9+. The smallest absolute Gasteiger partial charge is 0.251 e. The van der Waals surface area contributed by atoms with E-state index >= 15 is 0 Å². The monoisotopic (exact) mass is 535 g/mol. The molecule has 0 aromatic heterocycles. The highest BCUT2D eigenvalue weighted by molar-refractivity contribution is 14.1. The van der Waals surface area contributed by atoms with E-state index in [0.717, 1.165) is 0 Å². The molecule has 0 atom stereocenters. The summed E-state index contributed by atoms with van der Waals surface area (Å²) in [6, 6.07) is 7.80. The van der Waals surface area contributed by atoms with Gasteiger partial charge in [0.25, 0.3) is 5.91 Å². The first-order valence-electron chi connectivity index (χ1n) is 7.93. The van der Waals surface area contributed by atoms with E-state index in [1.807, 2.05) is 22.6 Å². The fraction of sp³-hybridized carbons (Fsp3) is 0.167. The van der Waals surface area contributed by atoms with E-state index in [-0.39, 0.29) is 35.6 Å². The van der Waals surface area contributed by atoms with Crippen LogP contribution in [0.1, 0.15) is 22.3 Å². The second-order valence-electron chi connectivity index (χ2n) is 5.48. The summed E-state index contributed by atoms with van der Waals surface area (Å²) in [6.07, 6.45) is 1.47. The number of halogens is 3. The summed E-state index contributed by atoms with van der Waals surface area (Å²) >= 11 is 13.6. The molecule has 0 saturated carbocycles. The molecule has 2 amide bonds. The Kier molecular flexibility index (Phi) is 8.34. The van der Waals surface area contributed by atoms with Crippen LogP contribution in [0.4, 0.5) is 0 Å². The summed E-state index contributed by atoms with van der Waals surface area (Å²) in [6.45, 7) is 0.130. The summed E-state index contributed by atoms with van der Waals surface area (Å²) in [4.78, 5) is 23.8. The number of hydrogen-bond donors (Lipinski definition) is 3. The van der Waals surface area contributed by atoms with E-state index in [9.17, 15) is 14.7 Å². The predicted octanol–water partition coefficient (Wildman–Crippen LogP) is 3.58. The van der Waals surface area contributed by atoms with Gasteiger partial charge in [-0.25, -0.2) is 5.43 Å². The van der Waals surface area contributed by atoms with Crippen molar-refractivity contribution in [3.8, 4) is 11.5 Å². The summed E-state index contributed by atoms with van der Waals surface area (Å²) in [5.74, 6) is -0.376. The van der Waals surface area contributed by atoms with Gasteiger partial charge < -0.3 is 15.2 Å². The van der Waals surface area contributed by atoms with Gasteiger partial charge in [-0.15, -0.1) is 0 Å². The van der Waals surface area contributed by atoms with Gasteiger partial charge in [0.1, 0.15) is 0 Å². The number of nitrogens with zero attached hydrogens (tertiary/aromatic N) is 1. The first-order valence-corrected chi connectivity index (χ1v) is 9.77. The second-order valence-corrected chi connectivity index (χ2v) is 7.46. The van der Waals surface area contributed by atoms with Crippen molar-refractivity contribution >= 4 is 63.8 Å². The maximum Gasteiger partial charge on any atom is 0.251 e. The molecule has 0 unspecified atom stereocenters. The lowest BCUT2D eigenvalue weighted by molar-refractivity contribution is -0.120. The fourth-order valence-corrected chi connectivity index (χ4v) is 3.01. The average molecular weight is 536 g/mol. The minimum absolute atomic E-state index is 0.0425. The third kappa shape index (κ3) is 6.25. The van der Waals surface area contributed by atoms with Crippen molar-refractivity contribution in [1.29, 1.82) is 0 Å². The first-order chi connectivity index (χ1) is 13.3. The molecule has 0 heterocycles. The van der Waals surface area contributed by atoms with Crippen molar-refractivity contribution in [2.24, 2.45) is 5.10 Å². The van der Waals surface area contributed by atoms with Crippen LogP contribution in [0.15, 0.2) is 35.4 Å². The Morgan fingerprint density at radius 2 is 2.00 bits per heavy atom. The number of ether oxygens (including phenoxy) is 1. The van der Waals surface area contributed by atoms with E-state index in [1.54, 1.807) is 18.2 Å². The Morgan fingerprint density at radius 3 is 2.68 bits per heavy atom. The molecule has 148 valence electrons. The van der Waals surface area contributed by atoms with Crippen LogP contribution in [0.3, 0.4) is 0 Å². The summed E-state index contributed by atoms with van der Waals surface area (Å²) < 4.78 is 5.65. The molecule has 2 aromatic rings. The van der Waals surface area contributed by atoms with Crippen LogP contribution in [0, 0.1) is 3.57 Å². The fourth-order valence-electron chi connectivity index (χ4n) is 2.09. The number of aromatic hydroxyl groups is 1. The van der Waals surface area contributed by atoms with Crippen LogP contribution >= 0.6 is 45.8 Å². The van der Waals surface area contributed by atoms with Crippen molar-refractivity contribution in [3.05, 3.63) is 55.1 Å².